The number of carbonyl (C=O) groups excluding carboxylic acids is 4. The summed E-state index contributed by atoms with van der Waals surface area (Å²) in [4.78, 5) is 57.6. The van der Waals surface area contributed by atoms with Crippen LogP contribution in [0.2, 0.25) is 0 Å². The van der Waals surface area contributed by atoms with Crippen molar-refractivity contribution in [3.8, 4) is 0 Å². The molecular weight excluding hydrogens is 382 g/mol. The van der Waals surface area contributed by atoms with Gasteiger partial charge in [-0.2, -0.15) is 0 Å². The lowest BCUT2D eigenvalue weighted by Gasteiger charge is -2.18. The lowest BCUT2D eigenvalue weighted by molar-refractivity contribution is -0.143. The first kappa shape index (κ1) is 24.8. The van der Waals surface area contributed by atoms with E-state index in [1.165, 1.54) is 6.92 Å². The summed E-state index contributed by atoms with van der Waals surface area (Å²) < 4.78 is 4.67. The van der Waals surface area contributed by atoms with E-state index in [2.05, 4.69) is 15.4 Å². The largest absolute Gasteiger partial charge is 0.480 e. The van der Waals surface area contributed by atoms with Crippen LogP contribution in [0.15, 0.2) is 0 Å². The zero-order valence-corrected chi connectivity index (χ0v) is 15.9. The van der Waals surface area contributed by atoms with E-state index in [0.717, 1.165) is 0 Å². The zero-order valence-electron chi connectivity index (χ0n) is 15.1. The molecule has 0 aliphatic heterocycles. The first-order chi connectivity index (χ1) is 12.6. The summed E-state index contributed by atoms with van der Waals surface area (Å²) in [5, 5.41) is 21.9. The molecular formula is C15H25N3O8S. The average molecular weight is 407 g/mol. The molecule has 0 saturated heterocycles. The number of carboxylic acid groups (broad SMARTS) is 1. The van der Waals surface area contributed by atoms with Crippen molar-refractivity contribution in [1.29, 1.82) is 0 Å². The number of aliphatic hydroxyl groups is 1. The maximum Gasteiger partial charge on any atom is 0.325 e. The third-order valence-corrected chi connectivity index (χ3v) is 4.22. The van der Waals surface area contributed by atoms with E-state index in [4.69, 9.17) is 10.8 Å². The van der Waals surface area contributed by atoms with Gasteiger partial charge in [-0.25, -0.2) is 0 Å². The smallest absolute Gasteiger partial charge is 0.325 e. The topological polar surface area (TPSA) is 185 Å². The van der Waals surface area contributed by atoms with Crippen molar-refractivity contribution in [2.45, 2.75) is 44.9 Å². The highest BCUT2D eigenvalue weighted by atomic mass is 32.2. The second kappa shape index (κ2) is 13.1. The molecule has 12 heteroatoms. The number of esters is 1. The van der Waals surface area contributed by atoms with Gasteiger partial charge in [-0.15, -0.1) is 0 Å². The summed E-state index contributed by atoms with van der Waals surface area (Å²) in [7, 11) is 0. The zero-order chi connectivity index (χ0) is 21.0. The summed E-state index contributed by atoms with van der Waals surface area (Å²) in [5.41, 5.74) is 5.31. The molecule has 0 spiro atoms. The van der Waals surface area contributed by atoms with Gasteiger partial charge in [0, 0.05) is 12.2 Å². The van der Waals surface area contributed by atoms with E-state index in [-0.39, 0.29) is 25.2 Å². The standard InChI is InChI=1S/C15H25N3O8S/c1-3-26-12(21)6-17-13(22)10(7-27-15(25)8(2)19)18-11(20)5-4-9(16)14(23)24/h8-10,19H,3-7,16H2,1-2H3,(H,17,22)(H,18,20)(H,23,24). The van der Waals surface area contributed by atoms with E-state index >= 15 is 0 Å². The van der Waals surface area contributed by atoms with Crippen LogP contribution in [0.25, 0.3) is 0 Å². The van der Waals surface area contributed by atoms with Gasteiger partial charge in [0.15, 0.2) is 0 Å². The van der Waals surface area contributed by atoms with Gasteiger partial charge < -0.3 is 31.3 Å². The molecule has 0 aromatic heterocycles. The van der Waals surface area contributed by atoms with E-state index < -0.39 is 53.6 Å². The highest BCUT2D eigenvalue weighted by molar-refractivity contribution is 8.13. The Bertz CT molecular complexity index is 555. The number of amides is 2. The Morgan fingerprint density at radius 1 is 1.22 bits per heavy atom. The van der Waals surface area contributed by atoms with Crippen LogP contribution in [-0.2, 0) is 28.7 Å². The fourth-order valence-corrected chi connectivity index (χ4v) is 2.45. The summed E-state index contributed by atoms with van der Waals surface area (Å²) in [5.74, 6) is -3.49. The van der Waals surface area contributed by atoms with Crippen molar-refractivity contribution in [2.24, 2.45) is 5.73 Å². The number of aliphatic carboxylic acids is 1. The number of hydrogen-bond acceptors (Lipinski definition) is 9. The third kappa shape index (κ3) is 11.2. The molecule has 154 valence electrons. The molecule has 0 aromatic rings. The number of hydrogen-bond donors (Lipinski definition) is 5. The first-order valence-electron chi connectivity index (χ1n) is 8.14. The van der Waals surface area contributed by atoms with Crippen molar-refractivity contribution in [1.82, 2.24) is 10.6 Å². The van der Waals surface area contributed by atoms with Crippen molar-refractivity contribution >= 4 is 40.6 Å². The lowest BCUT2D eigenvalue weighted by atomic mass is 10.1. The molecule has 2 amide bonds. The van der Waals surface area contributed by atoms with Gasteiger partial charge in [0.1, 0.15) is 24.7 Å². The number of aliphatic hydroxyl groups excluding tert-OH is 1. The molecule has 0 aromatic carbocycles. The first-order valence-corrected chi connectivity index (χ1v) is 9.12. The molecule has 0 bridgehead atoms. The number of carboxylic acids is 1. The van der Waals surface area contributed by atoms with E-state index in [1.54, 1.807) is 6.92 Å². The maximum atomic E-state index is 12.2. The molecule has 3 atom stereocenters. The second-order valence-electron chi connectivity index (χ2n) is 5.43. The number of nitrogens with one attached hydrogen (secondary N) is 2. The van der Waals surface area contributed by atoms with Crippen molar-refractivity contribution in [3.63, 3.8) is 0 Å². The highest BCUT2D eigenvalue weighted by Crippen LogP contribution is 2.09. The van der Waals surface area contributed by atoms with Gasteiger partial charge in [-0.05, 0) is 20.3 Å². The minimum absolute atomic E-state index is 0.136. The fourth-order valence-electron chi connectivity index (χ4n) is 1.64. The monoisotopic (exact) mass is 407 g/mol. The highest BCUT2D eigenvalue weighted by Gasteiger charge is 2.24. The van der Waals surface area contributed by atoms with Crippen LogP contribution >= 0.6 is 11.8 Å². The maximum absolute atomic E-state index is 12.2. The van der Waals surface area contributed by atoms with Crippen LogP contribution in [0, 0.1) is 0 Å². The van der Waals surface area contributed by atoms with Crippen molar-refractivity contribution in [2.75, 3.05) is 18.9 Å². The minimum atomic E-state index is -1.26. The Morgan fingerprint density at radius 2 is 1.85 bits per heavy atom. The van der Waals surface area contributed by atoms with Gasteiger partial charge in [0.05, 0.1) is 6.61 Å². The number of thioether (sulfide) groups is 1. The van der Waals surface area contributed by atoms with E-state index in [0.29, 0.717) is 11.8 Å². The SMILES string of the molecule is CCOC(=O)CNC(=O)C(CSC(=O)C(C)O)NC(=O)CCC(N)C(=O)O. The Labute approximate surface area is 160 Å². The van der Waals surface area contributed by atoms with Crippen LogP contribution in [0.1, 0.15) is 26.7 Å². The Kier molecular flexibility index (Phi) is 12.0. The predicted molar refractivity (Wildman–Crippen MR) is 95.6 cm³/mol. The lowest BCUT2D eigenvalue weighted by Crippen LogP contribution is -2.50. The van der Waals surface area contributed by atoms with Gasteiger partial charge in [-0.3, -0.25) is 24.0 Å². The van der Waals surface area contributed by atoms with Gasteiger partial charge in [-0.1, -0.05) is 11.8 Å². The Morgan fingerprint density at radius 3 is 2.37 bits per heavy atom. The minimum Gasteiger partial charge on any atom is -0.480 e. The molecule has 0 fully saturated rings. The number of rotatable bonds is 12. The van der Waals surface area contributed by atoms with Crippen molar-refractivity contribution in [3.05, 3.63) is 0 Å². The van der Waals surface area contributed by atoms with Crippen LogP contribution in [-0.4, -0.2) is 76.2 Å². The molecule has 27 heavy (non-hydrogen) atoms. The molecule has 0 heterocycles. The third-order valence-electron chi connectivity index (χ3n) is 3.10. The van der Waals surface area contributed by atoms with E-state index in [9.17, 15) is 29.1 Å². The molecule has 0 rings (SSSR count). The normalized spacial score (nSPS) is 13.8. The summed E-state index contributed by atoms with van der Waals surface area (Å²) in [6, 6.07) is -2.40. The summed E-state index contributed by atoms with van der Waals surface area (Å²) in [6.45, 7) is 2.58. The molecule has 0 radical (unpaired) electrons. The van der Waals surface area contributed by atoms with E-state index in [1.807, 2.05) is 0 Å². The van der Waals surface area contributed by atoms with Crippen LogP contribution in [0.5, 0.6) is 0 Å². The quantitative estimate of drug-likeness (QED) is 0.226. The molecule has 6 N–H and O–H groups in total. The van der Waals surface area contributed by atoms with Gasteiger partial charge in [0.2, 0.25) is 16.9 Å². The number of ether oxygens (including phenoxy) is 1. The van der Waals surface area contributed by atoms with Gasteiger partial charge in [0.25, 0.3) is 0 Å². The van der Waals surface area contributed by atoms with Crippen LogP contribution in [0.4, 0.5) is 0 Å². The molecule has 3 unspecified atom stereocenters. The second-order valence-corrected chi connectivity index (χ2v) is 6.46. The average Bonchev–Trinajstić information content (AvgIpc) is 2.60. The molecule has 0 aliphatic carbocycles. The molecule has 0 saturated carbocycles. The molecule has 0 aliphatic rings. The predicted octanol–water partition coefficient (Wildman–Crippen LogP) is -2.02. The number of carbonyl (C=O) groups is 5. The summed E-state index contributed by atoms with van der Waals surface area (Å²) in [6.07, 6.45) is -1.63. The van der Waals surface area contributed by atoms with Crippen LogP contribution in [0.3, 0.4) is 0 Å². The van der Waals surface area contributed by atoms with Crippen molar-refractivity contribution < 1.29 is 38.9 Å². The Balaban J connectivity index is 4.78. The summed E-state index contributed by atoms with van der Waals surface area (Å²) >= 11 is 0.637. The van der Waals surface area contributed by atoms with Gasteiger partial charge >= 0.3 is 11.9 Å². The number of nitrogens with two attached hydrogens (primary N) is 1. The molecule has 11 nitrogen and oxygen atoms in total. The van der Waals surface area contributed by atoms with Crippen LogP contribution < -0.4 is 16.4 Å². The Hall–Kier alpha value is -2.18. The fraction of sp³-hybridized carbons (Fsp3) is 0.667.